The Balaban J connectivity index is 2.60. The number of methoxy groups -OCH3 is 1. The number of ether oxygens (including phenoxy) is 1. The quantitative estimate of drug-likeness (QED) is 0.655. The summed E-state index contributed by atoms with van der Waals surface area (Å²) < 4.78 is 18.1. The molecule has 0 aliphatic carbocycles. The van der Waals surface area contributed by atoms with Crippen molar-refractivity contribution in [3.8, 4) is 0 Å². The molecule has 0 aliphatic heterocycles. The SMILES string of the molecule is CCCC(C)CC(CNCCOC)c1ccc(F)cc1. The zero-order chi connectivity index (χ0) is 14.8. The van der Waals surface area contributed by atoms with Crippen LogP contribution in [0.1, 0.15) is 44.6 Å². The number of hydrogen-bond donors (Lipinski definition) is 1. The van der Waals surface area contributed by atoms with Crippen molar-refractivity contribution < 1.29 is 9.13 Å². The lowest BCUT2D eigenvalue weighted by Crippen LogP contribution is -2.26. The van der Waals surface area contributed by atoms with Crippen LogP contribution in [-0.4, -0.2) is 26.8 Å². The normalized spacial score (nSPS) is 14.2. The van der Waals surface area contributed by atoms with E-state index in [1.165, 1.54) is 18.4 Å². The number of halogens is 1. The average Bonchev–Trinajstić information content (AvgIpc) is 2.43. The molecule has 1 N–H and O–H groups in total. The predicted octanol–water partition coefficient (Wildman–Crippen LogP) is 3.97. The highest BCUT2D eigenvalue weighted by atomic mass is 19.1. The number of benzene rings is 1. The first-order valence-electron chi connectivity index (χ1n) is 7.62. The van der Waals surface area contributed by atoms with Gasteiger partial charge in [0, 0.05) is 20.2 Å². The monoisotopic (exact) mass is 281 g/mol. The lowest BCUT2D eigenvalue weighted by molar-refractivity contribution is 0.198. The summed E-state index contributed by atoms with van der Waals surface area (Å²) in [6, 6.07) is 6.94. The Morgan fingerprint density at radius 2 is 1.95 bits per heavy atom. The molecule has 0 bridgehead atoms. The van der Waals surface area contributed by atoms with Crippen LogP contribution in [0.2, 0.25) is 0 Å². The standard InChI is InChI=1S/C17H28FNO/c1-4-5-14(2)12-16(13-19-10-11-20-3)15-6-8-17(18)9-7-15/h6-9,14,16,19H,4-5,10-13H2,1-3H3. The minimum atomic E-state index is -0.165. The van der Waals surface area contributed by atoms with E-state index in [1.54, 1.807) is 19.2 Å². The first-order chi connectivity index (χ1) is 9.67. The van der Waals surface area contributed by atoms with Crippen LogP contribution < -0.4 is 5.32 Å². The molecule has 0 aliphatic rings. The summed E-state index contributed by atoms with van der Waals surface area (Å²) in [4.78, 5) is 0. The highest BCUT2D eigenvalue weighted by Gasteiger charge is 2.15. The van der Waals surface area contributed by atoms with E-state index in [9.17, 15) is 4.39 Å². The molecule has 1 rings (SSSR count). The van der Waals surface area contributed by atoms with Crippen LogP contribution in [0.3, 0.4) is 0 Å². The molecule has 0 amide bonds. The summed E-state index contributed by atoms with van der Waals surface area (Å²) in [5.41, 5.74) is 1.22. The first-order valence-corrected chi connectivity index (χ1v) is 7.62. The molecule has 0 radical (unpaired) electrons. The molecular weight excluding hydrogens is 253 g/mol. The van der Waals surface area contributed by atoms with Crippen LogP contribution in [0.15, 0.2) is 24.3 Å². The number of nitrogens with one attached hydrogen (secondary N) is 1. The second-order valence-corrected chi connectivity index (χ2v) is 5.57. The zero-order valence-corrected chi connectivity index (χ0v) is 13.0. The smallest absolute Gasteiger partial charge is 0.123 e. The van der Waals surface area contributed by atoms with Gasteiger partial charge >= 0.3 is 0 Å². The molecule has 2 atom stereocenters. The topological polar surface area (TPSA) is 21.3 Å². The van der Waals surface area contributed by atoms with Gasteiger partial charge in [-0.1, -0.05) is 38.8 Å². The van der Waals surface area contributed by atoms with Gasteiger partial charge in [0.15, 0.2) is 0 Å². The second-order valence-electron chi connectivity index (χ2n) is 5.57. The minimum Gasteiger partial charge on any atom is -0.383 e. The Labute approximate surface area is 122 Å². The average molecular weight is 281 g/mol. The molecule has 3 heteroatoms. The molecule has 20 heavy (non-hydrogen) atoms. The lowest BCUT2D eigenvalue weighted by atomic mass is 9.87. The molecule has 114 valence electrons. The van der Waals surface area contributed by atoms with Gasteiger partial charge in [-0.3, -0.25) is 0 Å². The van der Waals surface area contributed by atoms with Crippen molar-refractivity contribution in [1.29, 1.82) is 0 Å². The Bertz CT molecular complexity index is 353. The van der Waals surface area contributed by atoms with Crippen LogP contribution in [0, 0.1) is 11.7 Å². The Hall–Kier alpha value is -0.930. The Morgan fingerprint density at radius 3 is 2.55 bits per heavy atom. The third kappa shape index (κ3) is 6.49. The van der Waals surface area contributed by atoms with E-state index in [0.717, 1.165) is 26.1 Å². The molecule has 0 heterocycles. The van der Waals surface area contributed by atoms with E-state index >= 15 is 0 Å². The van der Waals surface area contributed by atoms with Gasteiger partial charge in [0.2, 0.25) is 0 Å². The van der Waals surface area contributed by atoms with Gasteiger partial charge in [-0.15, -0.1) is 0 Å². The number of rotatable bonds is 10. The molecule has 0 aromatic heterocycles. The summed E-state index contributed by atoms with van der Waals surface area (Å²) >= 11 is 0. The van der Waals surface area contributed by atoms with Crippen LogP contribution in [0.4, 0.5) is 4.39 Å². The molecule has 1 aromatic rings. The Morgan fingerprint density at radius 1 is 1.25 bits per heavy atom. The van der Waals surface area contributed by atoms with E-state index in [-0.39, 0.29) is 5.82 Å². The van der Waals surface area contributed by atoms with E-state index in [1.807, 2.05) is 12.1 Å². The van der Waals surface area contributed by atoms with Crippen molar-refractivity contribution in [3.63, 3.8) is 0 Å². The van der Waals surface area contributed by atoms with E-state index in [4.69, 9.17) is 4.74 Å². The molecular formula is C17H28FNO. The van der Waals surface area contributed by atoms with Crippen molar-refractivity contribution in [3.05, 3.63) is 35.6 Å². The maximum atomic E-state index is 13.1. The van der Waals surface area contributed by atoms with Crippen molar-refractivity contribution in [1.82, 2.24) is 5.32 Å². The van der Waals surface area contributed by atoms with E-state index in [0.29, 0.717) is 11.8 Å². The fraction of sp³-hybridized carbons (Fsp3) is 0.647. The molecule has 0 saturated carbocycles. The maximum Gasteiger partial charge on any atom is 0.123 e. The van der Waals surface area contributed by atoms with Crippen LogP contribution in [0.5, 0.6) is 0 Å². The van der Waals surface area contributed by atoms with Crippen molar-refractivity contribution >= 4 is 0 Å². The third-order valence-corrected chi connectivity index (χ3v) is 3.68. The predicted molar refractivity (Wildman–Crippen MR) is 82.6 cm³/mol. The van der Waals surface area contributed by atoms with Gasteiger partial charge in [0.05, 0.1) is 6.61 Å². The largest absolute Gasteiger partial charge is 0.383 e. The van der Waals surface area contributed by atoms with Gasteiger partial charge in [-0.05, 0) is 36.0 Å². The number of hydrogen-bond acceptors (Lipinski definition) is 2. The summed E-state index contributed by atoms with van der Waals surface area (Å²) in [6.45, 7) is 7.02. The zero-order valence-electron chi connectivity index (χ0n) is 13.0. The van der Waals surface area contributed by atoms with Crippen molar-refractivity contribution in [2.45, 2.75) is 39.0 Å². The van der Waals surface area contributed by atoms with Gasteiger partial charge in [0.1, 0.15) is 5.82 Å². The lowest BCUT2D eigenvalue weighted by Gasteiger charge is -2.22. The molecule has 0 spiro atoms. The Kier molecular flexibility index (Phi) is 8.47. The molecule has 1 aromatic carbocycles. The molecule has 2 unspecified atom stereocenters. The van der Waals surface area contributed by atoms with E-state index in [2.05, 4.69) is 19.2 Å². The molecule has 0 fully saturated rings. The van der Waals surface area contributed by atoms with Crippen molar-refractivity contribution in [2.75, 3.05) is 26.8 Å². The molecule has 0 saturated heterocycles. The fourth-order valence-electron chi connectivity index (χ4n) is 2.62. The fourth-order valence-corrected chi connectivity index (χ4v) is 2.62. The van der Waals surface area contributed by atoms with Crippen molar-refractivity contribution in [2.24, 2.45) is 5.92 Å². The van der Waals surface area contributed by atoms with E-state index < -0.39 is 0 Å². The summed E-state index contributed by atoms with van der Waals surface area (Å²) in [5, 5.41) is 3.43. The highest BCUT2D eigenvalue weighted by Crippen LogP contribution is 2.25. The third-order valence-electron chi connectivity index (χ3n) is 3.68. The van der Waals surface area contributed by atoms with Gasteiger partial charge in [0.25, 0.3) is 0 Å². The first kappa shape index (κ1) is 17.1. The van der Waals surface area contributed by atoms with Crippen LogP contribution in [-0.2, 0) is 4.74 Å². The summed E-state index contributed by atoms with van der Waals surface area (Å²) in [7, 11) is 1.71. The van der Waals surface area contributed by atoms with Crippen LogP contribution in [0.25, 0.3) is 0 Å². The van der Waals surface area contributed by atoms with Gasteiger partial charge in [-0.25, -0.2) is 4.39 Å². The van der Waals surface area contributed by atoms with Gasteiger partial charge in [-0.2, -0.15) is 0 Å². The summed E-state index contributed by atoms with van der Waals surface area (Å²) in [6.07, 6.45) is 3.60. The minimum absolute atomic E-state index is 0.165. The van der Waals surface area contributed by atoms with Crippen LogP contribution >= 0.6 is 0 Å². The second kappa shape index (κ2) is 9.89. The molecule has 2 nitrogen and oxygen atoms in total. The van der Waals surface area contributed by atoms with Gasteiger partial charge < -0.3 is 10.1 Å². The highest BCUT2D eigenvalue weighted by molar-refractivity contribution is 5.21. The summed E-state index contributed by atoms with van der Waals surface area (Å²) in [5.74, 6) is 0.967. The maximum absolute atomic E-state index is 13.1.